The fraction of sp³-hybridized carbons (Fsp3) is 0.316. The van der Waals surface area contributed by atoms with Crippen LogP contribution in [0.4, 0.5) is 10.1 Å². The molecule has 128 valence electrons. The fourth-order valence-corrected chi connectivity index (χ4v) is 2.54. The highest BCUT2D eigenvalue weighted by Crippen LogP contribution is 2.18. The van der Waals surface area contributed by atoms with Gasteiger partial charge in [-0.15, -0.1) is 0 Å². The molecule has 0 aliphatic rings. The number of hydrogen-bond donors (Lipinski definition) is 2. The molecule has 24 heavy (non-hydrogen) atoms. The summed E-state index contributed by atoms with van der Waals surface area (Å²) in [6, 6.07) is 15.7. The number of amides is 1. The zero-order valence-corrected chi connectivity index (χ0v) is 13.8. The van der Waals surface area contributed by atoms with E-state index in [0.717, 1.165) is 5.69 Å². The molecule has 1 amide bonds. The van der Waals surface area contributed by atoms with E-state index >= 15 is 0 Å². The summed E-state index contributed by atoms with van der Waals surface area (Å²) < 4.78 is 13.6. The Hall–Kier alpha value is -2.40. The van der Waals surface area contributed by atoms with E-state index in [0.29, 0.717) is 12.0 Å². The molecule has 0 fully saturated rings. The first kappa shape index (κ1) is 17.9. The normalized spacial score (nSPS) is 11.8. The van der Waals surface area contributed by atoms with Crippen LogP contribution in [0.2, 0.25) is 0 Å². The highest BCUT2D eigenvalue weighted by Gasteiger charge is 2.19. The molecular formula is C19H23FN2O2. The average Bonchev–Trinajstić information content (AvgIpc) is 2.62. The van der Waals surface area contributed by atoms with Crippen LogP contribution in [0.25, 0.3) is 0 Å². The highest BCUT2D eigenvalue weighted by molar-refractivity contribution is 5.81. The van der Waals surface area contributed by atoms with Gasteiger partial charge >= 0.3 is 0 Å². The number of nitrogens with one attached hydrogen (secondary N) is 1. The van der Waals surface area contributed by atoms with Gasteiger partial charge in [0.15, 0.2) is 0 Å². The van der Waals surface area contributed by atoms with E-state index in [1.165, 1.54) is 6.07 Å². The van der Waals surface area contributed by atoms with E-state index in [4.69, 9.17) is 0 Å². The average molecular weight is 330 g/mol. The summed E-state index contributed by atoms with van der Waals surface area (Å²) in [5.74, 6) is -0.548. The Labute approximate surface area is 141 Å². The van der Waals surface area contributed by atoms with Crippen molar-refractivity contribution in [1.82, 2.24) is 5.32 Å². The molecule has 0 saturated heterocycles. The molecule has 1 atom stereocenters. The van der Waals surface area contributed by atoms with Crippen LogP contribution in [0.1, 0.15) is 18.9 Å². The molecule has 2 aromatic carbocycles. The van der Waals surface area contributed by atoms with Crippen LogP contribution in [0.5, 0.6) is 0 Å². The van der Waals surface area contributed by atoms with E-state index in [2.05, 4.69) is 5.32 Å². The van der Waals surface area contributed by atoms with Gasteiger partial charge in [0.1, 0.15) is 5.82 Å². The maximum atomic E-state index is 13.6. The summed E-state index contributed by atoms with van der Waals surface area (Å²) in [5, 5.41) is 12.3. The maximum absolute atomic E-state index is 13.6. The molecule has 2 rings (SSSR count). The van der Waals surface area contributed by atoms with Crippen molar-refractivity contribution in [2.24, 2.45) is 0 Å². The van der Waals surface area contributed by atoms with E-state index < -0.39 is 0 Å². The second kappa shape index (κ2) is 9.03. The van der Waals surface area contributed by atoms with Gasteiger partial charge in [0.05, 0.1) is 19.2 Å². The van der Waals surface area contributed by atoms with Crippen molar-refractivity contribution >= 4 is 11.6 Å². The molecule has 0 aliphatic carbocycles. The first-order valence-electron chi connectivity index (χ1n) is 8.08. The molecule has 0 aromatic heterocycles. The van der Waals surface area contributed by atoms with Crippen LogP contribution in [0.15, 0.2) is 54.6 Å². The lowest BCUT2D eigenvalue weighted by atomic mass is 10.1. The largest absolute Gasteiger partial charge is 0.394 e. The number of para-hydroxylation sites is 1. The van der Waals surface area contributed by atoms with Crippen molar-refractivity contribution in [1.29, 1.82) is 0 Å². The van der Waals surface area contributed by atoms with Crippen LogP contribution >= 0.6 is 0 Å². The zero-order valence-electron chi connectivity index (χ0n) is 13.8. The standard InChI is InChI=1S/C19H23FN2O2/c1-2-16(14-23)22(17-9-4-3-5-10-17)13-19(24)21-12-15-8-6-7-11-18(15)20/h3-11,16,23H,2,12-14H2,1H3,(H,21,24). The molecule has 0 heterocycles. The van der Waals surface area contributed by atoms with Gasteiger partial charge in [-0.3, -0.25) is 4.79 Å². The minimum atomic E-state index is -0.334. The van der Waals surface area contributed by atoms with Crippen molar-refractivity contribution in [3.8, 4) is 0 Å². The zero-order chi connectivity index (χ0) is 17.4. The minimum Gasteiger partial charge on any atom is -0.394 e. The number of aliphatic hydroxyl groups is 1. The summed E-state index contributed by atoms with van der Waals surface area (Å²) in [5.41, 5.74) is 1.32. The topological polar surface area (TPSA) is 52.6 Å². The van der Waals surface area contributed by atoms with Crippen LogP contribution in [-0.2, 0) is 11.3 Å². The third-order valence-corrected chi connectivity index (χ3v) is 3.96. The highest BCUT2D eigenvalue weighted by atomic mass is 19.1. The number of hydrogen-bond acceptors (Lipinski definition) is 3. The van der Waals surface area contributed by atoms with Gasteiger partial charge in [-0.25, -0.2) is 4.39 Å². The third-order valence-electron chi connectivity index (χ3n) is 3.96. The Bertz CT molecular complexity index is 645. The molecular weight excluding hydrogens is 307 g/mol. The number of aliphatic hydroxyl groups excluding tert-OH is 1. The molecule has 2 aromatic rings. The van der Waals surface area contributed by atoms with Crippen molar-refractivity contribution < 1.29 is 14.3 Å². The van der Waals surface area contributed by atoms with Crippen LogP contribution in [-0.4, -0.2) is 30.2 Å². The van der Waals surface area contributed by atoms with Gasteiger partial charge in [0.2, 0.25) is 5.91 Å². The Morgan fingerprint density at radius 2 is 1.83 bits per heavy atom. The van der Waals surface area contributed by atoms with E-state index in [1.54, 1.807) is 18.2 Å². The lowest BCUT2D eigenvalue weighted by molar-refractivity contribution is -0.120. The van der Waals surface area contributed by atoms with Gasteiger partial charge in [-0.2, -0.15) is 0 Å². The number of rotatable bonds is 8. The quantitative estimate of drug-likeness (QED) is 0.782. The summed E-state index contributed by atoms with van der Waals surface area (Å²) in [6.45, 7) is 2.18. The molecule has 0 spiro atoms. The summed E-state index contributed by atoms with van der Waals surface area (Å²) >= 11 is 0. The second-order valence-corrected chi connectivity index (χ2v) is 5.58. The molecule has 2 N–H and O–H groups in total. The van der Waals surface area contributed by atoms with E-state index in [-0.39, 0.29) is 37.5 Å². The van der Waals surface area contributed by atoms with Gasteiger partial charge in [0.25, 0.3) is 0 Å². The molecule has 0 radical (unpaired) electrons. The number of halogens is 1. The van der Waals surface area contributed by atoms with Gasteiger partial charge in [-0.1, -0.05) is 43.3 Å². The maximum Gasteiger partial charge on any atom is 0.239 e. The van der Waals surface area contributed by atoms with Crippen molar-refractivity contribution in [2.45, 2.75) is 25.9 Å². The van der Waals surface area contributed by atoms with Crippen LogP contribution in [0, 0.1) is 5.82 Å². The molecule has 4 nitrogen and oxygen atoms in total. The SMILES string of the molecule is CCC(CO)N(CC(=O)NCc1ccccc1F)c1ccccc1. The van der Waals surface area contributed by atoms with Crippen molar-refractivity contribution in [2.75, 3.05) is 18.1 Å². The number of benzene rings is 2. The van der Waals surface area contributed by atoms with Gasteiger partial charge in [0, 0.05) is 17.8 Å². The van der Waals surface area contributed by atoms with E-state index in [9.17, 15) is 14.3 Å². The van der Waals surface area contributed by atoms with Gasteiger partial charge in [-0.05, 0) is 24.6 Å². The Morgan fingerprint density at radius 1 is 1.17 bits per heavy atom. The second-order valence-electron chi connectivity index (χ2n) is 5.58. The molecule has 1 unspecified atom stereocenters. The number of anilines is 1. The first-order valence-corrected chi connectivity index (χ1v) is 8.08. The minimum absolute atomic E-state index is 0.0357. The summed E-state index contributed by atoms with van der Waals surface area (Å²) in [6.07, 6.45) is 0.714. The van der Waals surface area contributed by atoms with Crippen LogP contribution < -0.4 is 10.2 Å². The van der Waals surface area contributed by atoms with Crippen molar-refractivity contribution in [3.63, 3.8) is 0 Å². The molecule has 0 saturated carbocycles. The number of nitrogens with zero attached hydrogens (tertiary/aromatic N) is 1. The third kappa shape index (κ3) is 4.80. The number of carbonyl (C=O) groups is 1. The van der Waals surface area contributed by atoms with Crippen molar-refractivity contribution in [3.05, 3.63) is 66.0 Å². The van der Waals surface area contributed by atoms with Crippen LogP contribution in [0.3, 0.4) is 0 Å². The van der Waals surface area contributed by atoms with E-state index in [1.807, 2.05) is 42.2 Å². The summed E-state index contributed by atoms with van der Waals surface area (Å²) in [4.78, 5) is 14.2. The fourth-order valence-electron chi connectivity index (χ4n) is 2.54. The monoisotopic (exact) mass is 330 g/mol. The predicted molar refractivity (Wildman–Crippen MR) is 93.2 cm³/mol. The Morgan fingerprint density at radius 3 is 2.46 bits per heavy atom. The predicted octanol–water partition coefficient (Wildman–Crippen LogP) is 2.72. The first-order chi connectivity index (χ1) is 11.7. The molecule has 5 heteroatoms. The molecule has 0 bridgehead atoms. The lowest BCUT2D eigenvalue weighted by Crippen LogP contribution is -2.44. The smallest absolute Gasteiger partial charge is 0.239 e. The lowest BCUT2D eigenvalue weighted by Gasteiger charge is -2.31. The molecule has 0 aliphatic heterocycles. The number of carbonyl (C=O) groups excluding carboxylic acids is 1. The summed E-state index contributed by atoms with van der Waals surface area (Å²) in [7, 11) is 0. The van der Waals surface area contributed by atoms with Gasteiger partial charge < -0.3 is 15.3 Å². The Balaban J connectivity index is 2.03. The Kier molecular flexibility index (Phi) is 6.75.